The predicted octanol–water partition coefficient (Wildman–Crippen LogP) is 5.77. The highest BCUT2D eigenvalue weighted by molar-refractivity contribution is 7.80. The SMILES string of the molecule is CCOc1ccccc1NC(=S)N(Cc1ccc(Cl)cc1Cl)CC1CCCO1. The largest absolute Gasteiger partial charge is 0.492 e. The van der Waals surface area contributed by atoms with E-state index in [1.165, 1.54) is 0 Å². The number of rotatable bonds is 7. The molecule has 1 unspecified atom stereocenters. The van der Waals surface area contributed by atoms with Gasteiger partial charge in [-0.05, 0) is 61.8 Å². The lowest BCUT2D eigenvalue weighted by Crippen LogP contribution is -2.39. The molecule has 0 spiro atoms. The Balaban J connectivity index is 1.78. The summed E-state index contributed by atoms with van der Waals surface area (Å²) in [6.45, 7) is 4.61. The third kappa shape index (κ3) is 5.74. The molecule has 1 atom stereocenters. The van der Waals surface area contributed by atoms with Gasteiger partial charge in [0.1, 0.15) is 5.75 Å². The fourth-order valence-corrected chi connectivity index (χ4v) is 3.87. The molecule has 4 nitrogen and oxygen atoms in total. The van der Waals surface area contributed by atoms with Crippen molar-refractivity contribution in [1.29, 1.82) is 0 Å². The molecule has 1 saturated heterocycles. The monoisotopic (exact) mass is 438 g/mol. The number of benzene rings is 2. The van der Waals surface area contributed by atoms with Gasteiger partial charge in [-0.3, -0.25) is 0 Å². The maximum absolute atomic E-state index is 6.40. The first-order valence-corrected chi connectivity index (χ1v) is 10.6. The number of thiocarbonyl (C=S) groups is 1. The highest BCUT2D eigenvalue weighted by Gasteiger charge is 2.22. The second kappa shape index (κ2) is 10.3. The van der Waals surface area contributed by atoms with Crippen LogP contribution < -0.4 is 10.1 Å². The number of para-hydroxylation sites is 2. The third-order valence-electron chi connectivity index (χ3n) is 4.54. The summed E-state index contributed by atoms with van der Waals surface area (Å²) in [4.78, 5) is 2.09. The number of halogens is 2. The van der Waals surface area contributed by atoms with Crippen molar-refractivity contribution in [2.75, 3.05) is 25.1 Å². The topological polar surface area (TPSA) is 33.7 Å². The molecule has 150 valence electrons. The van der Waals surface area contributed by atoms with Gasteiger partial charge >= 0.3 is 0 Å². The average molecular weight is 439 g/mol. The van der Waals surface area contributed by atoms with Crippen LogP contribution in [0.3, 0.4) is 0 Å². The van der Waals surface area contributed by atoms with Crippen LogP contribution in [0.15, 0.2) is 42.5 Å². The van der Waals surface area contributed by atoms with Crippen LogP contribution in [0, 0.1) is 0 Å². The van der Waals surface area contributed by atoms with Crippen molar-refractivity contribution in [3.63, 3.8) is 0 Å². The van der Waals surface area contributed by atoms with E-state index in [9.17, 15) is 0 Å². The molecule has 0 bridgehead atoms. The minimum absolute atomic E-state index is 0.160. The molecule has 0 saturated carbocycles. The third-order valence-corrected chi connectivity index (χ3v) is 5.49. The van der Waals surface area contributed by atoms with E-state index in [0.717, 1.165) is 36.4 Å². The highest BCUT2D eigenvalue weighted by atomic mass is 35.5. The molecule has 1 aliphatic rings. The Bertz CT molecular complexity index is 813. The van der Waals surface area contributed by atoms with Crippen molar-refractivity contribution in [3.05, 3.63) is 58.1 Å². The summed E-state index contributed by atoms with van der Waals surface area (Å²) >= 11 is 18.2. The zero-order valence-electron chi connectivity index (χ0n) is 15.8. The first kappa shape index (κ1) is 21.2. The Labute approximate surface area is 181 Å². The van der Waals surface area contributed by atoms with Crippen LogP contribution in [-0.2, 0) is 11.3 Å². The molecule has 3 rings (SSSR count). The lowest BCUT2D eigenvalue weighted by atomic mass is 10.2. The summed E-state index contributed by atoms with van der Waals surface area (Å²) in [6, 6.07) is 13.3. The summed E-state index contributed by atoms with van der Waals surface area (Å²) in [6.07, 6.45) is 2.27. The first-order chi connectivity index (χ1) is 13.6. The van der Waals surface area contributed by atoms with Gasteiger partial charge in [0.15, 0.2) is 5.11 Å². The van der Waals surface area contributed by atoms with Crippen LogP contribution in [0.4, 0.5) is 5.69 Å². The molecular formula is C21H24Cl2N2O2S. The van der Waals surface area contributed by atoms with E-state index in [1.807, 2.05) is 43.3 Å². The second-order valence-electron chi connectivity index (χ2n) is 6.61. The van der Waals surface area contributed by atoms with Crippen LogP contribution in [0.2, 0.25) is 10.0 Å². The fraction of sp³-hybridized carbons (Fsp3) is 0.381. The van der Waals surface area contributed by atoms with Crippen molar-refractivity contribution in [2.24, 2.45) is 0 Å². The van der Waals surface area contributed by atoms with Crippen LogP contribution in [0.5, 0.6) is 5.75 Å². The lowest BCUT2D eigenvalue weighted by Gasteiger charge is -2.29. The molecule has 1 fully saturated rings. The summed E-state index contributed by atoms with van der Waals surface area (Å²) in [5, 5.41) is 5.18. The molecule has 0 aliphatic carbocycles. The van der Waals surface area contributed by atoms with Crippen LogP contribution in [-0.4, -0.2) is 35.9 Å². The molecule has 28 heavy (non-hydrogen) atoms. The van der Waals surface area contributed by atoms with Crippen molar-refractivity contribution in [2.45, 2.75) is 32.4 Å². The van der Waals surface area contributed by atoms with Gasteiger partial charge < -0.3 is 19.7 Å². The van der Waals surface area contributed by atoms with Gasteiger partial charge in [-0.15, -0.1) is 0 Å². The van der Waals surface area contributed by atoms with Gasteiger partial charge in [0.25, 0.3) is 0 Å². The molecule has 7 heteroatoms. The molecule has 1 heterocycles. The minimum Gasteiger partial charge on any atom is -0.492 e. The Kier molecular flexibility index (Phi) is 7.80. The predicted molar refractivity (Wildman–Crippen MR) is 120 cm³/mol. The summed E-state index contributed by atoms with van der Waals surface area (Å²) in [7, 11) is 0. The van der Waals surface area contributed by atoms with E-state index in [1.54, 1.807) is 6.07 Å². The van der Waals surface area contributed by atoms with Crippen LogP contribution in [0.25, 0.3) is 0 Å². The van der Waals surface area contributed by atoms with E-state index in [4.69, 9.17) is 44.9 Å². The first-order valence-electron chi connectivity index (χ1n) is 9.40. The minimum atomic E-state index is 0.160. The number of ether oxygens (including phenoxy) is 2. The van der Waals surface area contributed by atoms with Crippen LogP contribution >= 0.6 is 35.4 Å². The zero-order chi connectivity index (χ0) is 19.9. The number of hydrogen-bond acceptors (Lipinski definition) is 3. The van der Waals surface area contributed by atoms with Crippen LogP contribution in [0.1, 0.15) is 25.3 Å². The van der Waals surface area contributed by atoms with Gasteiger partial charge in [-0.25, -0.2) is 0 Å². The summed E-state index contributed by atoms with van der Waals surface area (Å²) in [5.41, 5.74) is 1.81. The normalized spacial score (nSPS) is 16.0. The second-order valence-corrected chi connectivity index (χ2v) is 7.84. The molecule has 2 aromatic rings. The van der Waals surface area contributed by atoms with Gasteiger partial charge in [0.2, 0.25) is 0 Å². The number of nitrogens with zero attached hydrogens (tertiary/aromatic N) is 1. The van der Waals surface area contributed by atoms with Crippen molar-refractivity contribution in [3.8, 4) is 5.75 Å². The van der Waals surface area contributed by atoms with E-state index >= 15 is 0 Å². The lowest BCUT2D eigenvalue weighted by molar-refractivity contribution is 0.0905. The summed E-state index contributed by atoms with van der Waals surface area (Å²) < 4.78 is 11.5. The van der Waals surface area contributed by atoms with Gasteiger partial charge in [0, 0.05) is 29.7 Å². The fourth-order valence-electron chi connectivity index (χ4n) is 3.15. The molecule has 2 aromatic carbocycles. The Morgan fingerprint density at radius 1 is 1.29 bits per heavy atom. The molecular weight excluding hydrogens is 415 g/mol. The number of hydrogen-bond donors (Lipinski definition) is 1. The molecule has 0 aromatic heterocycles. The Hall–Kier alpha value is -1.53. The highest BCUT2D eigenvalue weighted by Crippen LogP contribution is 2.26. The van der Waals surface area contributed by atoms with Crippen molar-refractivity contribution >= 4 is 46.2 Å². The molecule has 1 N–H and O–H groups in total. The molecule has 0 amide bonds. The smallest absolute Gasteiger partial charge is 0.173 e. The van der Waals surface area contributed by atoms with E-state index in [0.29, 0.717) is 34.9 Å². The van der Waals surface area contributed by atoms with E-state index in [-0.39, 0.29) is 6.10 Å². The molecule has 1 aliphatic heterocycles. The zero-order valence-corrected chi connectivity index (χ0v) is 18.1. The van der Waals surface area contributed by atoms with Crippen molar-refractivity contribution in [1.82, 2.24) is 4.90 Å². The number of anilines is 1. The molecule has 0 radical (unpaired) electrons. The average Bonchev–Trinajstić information content (AvgIpc) is 3.18. The maximum atomic E-state index is 6.40. The Morgan fingerprint density at radius 2 is 2.11 bits per heavy atom. The van der Waals surface area contributed by atoms with Gasteiger partial charge in [-0.1, -0.05) is 41.4 Å². The Morgan fingerprint density at radius 3 is 2.82 bits per heavy atom. The van der Waals surface area contributed by atoms with Crippen molar-refractivity contribution < 1.29 is 9.47 Å². The van der Waals surface area contributed by atoms with E-state index < -0.39 is 0 Å². The number of nitrogens with one attached hydrogen (secondary N) is 1. The standard InChI is InChI=1S/C21H24Cl2N2O2S/c1-2-26-20-8-4-3-7-19(20)24-21(28)25(14-17-6-5-11-27-17)13-15-9-10-16(22)12-18(15)23/h3-4,7-10,12,17H,2,5-6,11,13-14H2,1H3,(H,24,28). The van der Waals surface area contributed by atoms with Gasteiger partial charge in [0.05, 0.1) is 18.4 Å². The quantitative estimate of drug-likeness (QED) is 0.554. The maximum Gasteiger partial charge on any atom is 0.173 e. The van der Waals surface area contributed by atoms with E-state index in [2.05, 4.69) is 10.2 Å². The van der Waals surface area contributed by atoms with Gasteiger partial charge in [-0.2, -0.15) is 0 Å². The summed E-state index contributed by atoms with van der Waals surface area (Å²) in [5.74, 6) is 0.772.